The Bertz CT molecular complexity index is 998. The van der Waals surface area contributed by atoms with E-state index in [0.29, 0.717) is 35.1 Å². The molecule has 0 saturated heterocycles. The van der Waals surface area contributed by atoms with E-state index in [1.54, 1.807) is 47.7 Å². The molecule has 1 aliphatic rings. The number of benzene rings is 1. The first-order valence-electron chi connectivity index (χ1n) is 11.4. The van der Waals surface area contributed by atoms with Crippen LogP contribution >= 0.6 is 11.3 Å². The summed E-state index contributed by atoms with van der Waals surface area (Å²) in [6.45, 7) is 9.90. The smallest absolute Gasteiger partial charge is 0.239 e. The van der Waals surface area contributed by atoms with Crippen LogP contribution in [0.1, 0.15) is 48.5 Å². The van der Waals surface area contributed by atoms with Gasteiger partial charge in [0.2, 0.25) is 11.7 Å². The zero-order valence-corrected chi connectivity index (χ0v) is 20.5. The molecule has 178 valence electrons. The van der Waals surface area contributed by atoms with E-state index in [1.165, 1.54) is 16.2 Å². The van der Waals surface area contributed by atoms with Gasteiger partial charge in [0.05, 0.1) is 44.3 Å². The first kappa shape index (κ1) is 24.8. The number of quaternary nitrogens is 1. The van der Waals surface area contributed by atoms with Crippen LogP contribution in [0.3, 0.4) is 0 Å². The highest BCUT2D eigenvalue weighted by atomic mass is 32.1. The van der Waals surface area contributed by atoms with Crippen molar-refractivity contribution >= 4 is 23.0 Å². The van der Waals surface area contributed by atoms with E-state index in [4.69, 9.17) is 9.47 Å². The van der Waals surface area contributed by atoms with Crippen LogP contribution in [0.4, 0.5) is 0 Å². The Balaban J connectivity index is 2.00. The second kappa shape index (κ2) is 11.3. The van der Waals surface area contributed by atoms with Crippen molar-refractivity contribution in [2.24, 2.45) is 0 Å². The molecule has 2 heterocycles. The van der Waals surface area contributed by atoms with Crippen molar-refractivity contribution in [2.75, 3.05) is 39.9 Å². The Kier molecular flexibility index (Phi) is 8.52. The summed E-state index contributed by atoms with van der Waals surface area (Å²) >= 11 is 1.26. The van der Waals surface area contributed by atoms with Crippen LogP contribution in [0.2, 0.25) is 0 Å². The predicted molar refractivity (Wildman–Crippen MR) is 126 cm³/mol. The van der Waals surface area contributed by atoms with Crippen LogP contribution in [-0.2, 0) is 4.79 Å². The standard InChI is InChI=1S/C25H32N2O5S/c1-5-26(6-2)13-9-14-27-22(17-11-12-18(32-7-3)19(16-17)31-4)21(24(29)25(27)30)23(28)20-10-8-15-33-20/h8,10-12,15-16,22,29H,5-7,9,13-14H2,1-4H3. The highest BCUT2D eigenvalue weighted by molar-refractivity contribution is 7.12. The van der Waals surface area contributed by atoms with Gasteiger partial charge < -0.3 is 24.4 Å². The Hall–Kier alpha value is -2.84. The maximum absolute atomic E-state index is 13.3. The second-order valence-corrected chi connectivity index (χ2v) is 8.80. The monoisotopic (exact) mass is 472 g/mol. The summed E-state index contributed by atoms with van der Waals surface area (Å²) in [6.07, 6.45) is 0.737. The van der Waals surface area contributed by atoms with Gasteiger partial charge in [-0.25, -0.2) is 0 Å². The molecule has 7 nitrogen and oxygen atoms in total. The van der Waals surface area contributed by atoms with Crippen molar-refractivity contribution in [2.45, 2.75) is 33.2 Å². The zero-order chi connectivity index (χ0) is 24.0. The summed E-state index contributed by atoms with van der Waals surface area (Å²) in [6, 6.07) is 8.01. The minimum atomic E-state index is -0.754. The van der Waals surface area contributed by atoms with Gasteiger partial charge in [-0.1, -0.05) is 12.1 Å². The summed E-state index contributed by atoms with van der Waals surface area (Å²) < 4.78 is 11.1. The van der Waals surface area contributed by atoms with Gasteiger partial charge in [-0.15, -0.1) is 11.3 Å². The molecular formula is C25H32N2O5S. The van der Waals surface area contributed by atoms with Gasteiger partial charge in [-0.05, 0) is 55.7 Å². The molecule has 1 unspecified atom stereocenters. The normalized spacial score (nSPS) is 16.1. The lowest BCUT2D eigenvalue weighted by atomic mass is 9.95. The minimum absolute atomic E-state index is 0.00356. The minimum Gasteiger partial charge on any atom is -0.868 e. The number of rotatable bonds is 12. The molecule has 0 aliphatic carbocycles. The maximum atomic E-state index is 13.3. The molecule has 1 amide bonds. The van der Waals surface area contributed by atoms with Crippen LogP contribution in [0, 0.1) is 0 Å². The maximum Gasteiger partial charge on any atom is 0.239 e. The fraction of sp³-hybridized carbons (Fsp3) is 0.440. The molecule has 1 aliphatic heterocycles. The van der Waals surface area contributed by atoms with Crippen LogP contribution in [0.25, 0.3) is 0 Å². The highest BCUT2D eigenvalue weighted by Crippen LogP contribution is 2.41. The van der Waals surface area contributed by atoms with E-state index in [1.807, 2.05) is 6.92 Å². The van der Waals surface area contributed by atoms with Crippen LogP contribution < -0.4 is 19.5 Å². The van der Waals surface area contributed by atoms with Crippen molar-refractivity contribution in [1.82, 2.24) is 4.90 Å². The van der Waals surface area contributed by atoms with E-state index in [0.717, 1.165) is 26.1 Å². The Morgan fingerprint density at radius 1 is 1.18 bits per heavy atom. The van der Waals surface area contributed by atoms with Gasteiger partial charge in [0.15, 0.2) is 11.5 Å². The predicted octanol–water partition coefficient (Wildman–Crippen LogP) is 1.85. The Morgan fingerprint density at radius 2 is 1.94 bits per heavy atom. The molecule has 1 aromatic heterocycles. The molecule has 1 atom stereocenters. The molecule has 33 heavy (non-hydrogen) atoms. The number of ketones is 1. The third-order valence-electron chi connectivity index (χ3n) is 6.01. The molecule has 2 aromatic rings. The summed E-state index contributed by atoms with van der Waals surface area (Å²) in [4.78, 5) is 29.8. The van der Waals surface area contributed by atoms with Crippen LogP contribution in [0.5, 0.6) is 11.5 Å². The molecule has 3 rings (SSSR count). The summed E-state index contributed by atoms with van der Waals surface area (Å²) in [7, 11) is 1.54. The third kappa shape index (κ3) is 5.23. The molecule has 0 saturated carbocycles. The number of thiophene rings is 1. The average Bonchev–Trinajstić information content (AvgIpc) is 3.45. The molecule has 1 aromatic carbocycles. The van der Waals surface area contributed by atoms with Crippen molar-refractivity contribution in [3.05, 3.63) is 57.5 Å². The van der Waals surface area contributed by atoms with Crippen molar-refractivity contribution in [3.8, 4) is 11.5 Å². The van der Waals surface area contributed by atoms with Crippen molar-refractivity contribution < 1.29 is 29.1 Å². The Morgan fingerprint density at radius 3 is 2.55 bits per heavy atom. The molecule has 1 N–H and O–H groups in total. The highest BCUT2D eigenvalue weighted by Gasteiger charge is 2.40. The number of nitrogens with one attached hydrogen (secondary N) is 1. The quantitative estimate of drug-likeness (QED) is 0.477. The molecule has 0 bridgehead atoms. The zero-order valence-electron chi connectivity index (χ0n) is 19.7. The van der Waals surface area contributed by atoms with Crippen LogP contribution in [-0.4, -0.2) is 56.5 Å². The number of methoxy groups -OCH3 is 1. The van der Waals surface area contributed by atoms with Gasteiger partial charge in [-0.2, -0.15) is 0 Å². The first-order valence-corrected chi connectivity index (χ1v) is 12.3. The number of amides is 1. The average molecular weight is 473 g/mol. The van der Waals surface area contributed by atoms with Gasteiger partial charge in [0.25, 0.3) is 0 Å². The number of carbonyl (C=O) groups is 2. The van der Waals surface area contributed by atoms with E-state index in [9.17, 15) is 14.7 Å². The number of Topliss-reactive ketones (excluding diaryl/α,β-unsaturated/α-hetero) is 1. The summed E-state index contributed by atoms with van der Waals surface area (Å²) in [5.41, 5.74) is 0.661. The Labute approximate surface area is 199 Å². The van der Waals surface area contributed by atoms with Gasteiger partial charge in [0.1, 0.15) is 0 Å². The molecule has 8 heteroatoms. The van der Waals surface area contributed by atoms with Crippen molar-refractivity contribution in [1.29, 1.82) is 0 Å². The number of nitrogens with zero attached hydrogens (tertiary/aromatic N) is 1. The van der Waals surface area contributed by atoms with E-state index in [-0.39, 0.29) is 5.57 Å². The van der Waals surface area contributed by atoms with Crippen molar-refractivity contribution in [3.63, 3.8) is 0 Å². The van der Waals surface area contributed by atoms with E-state index in [2.05, 4.69) is 13.8 Å². The van der Waals surface area contributed by atoms with E-state index >= 15 is 0 Å². The number of hydrogen-bond donors (Lipinski definition) is 1. The largest absolute Gasteiger partial charge is 0.868 e. The number of carbonyl (C=O) groups excluding carboxylic acids is 2. The topological polar surface area (TPSA) is 83.3 Å². The number of ether oxygens (including phenoxy) is 2. The number of hydrogen-bond acceptors (Lipinski definition) is 6. The lowest BCUT2D eigenvalue weighted by molar-refractivity contribution is -0.896. The summed E-state index contributed by atoms with van der Waals surface area (Å²) in [5, 5.41) is 14.9. The third-order valence-corrected chi connectivity index (χ3v) is 6.88. The summed E-state index contributed by atoms with van der Waals surface area (Å²) in [5.74, 6) is -0.666. The second-order valence-electron chi connectivity index (χ2n) is 7.85. The lowest BCUT2D eigenvalue weighted by Crippen LogP contribution is -3.11. The van der Waals surface area contributed by atoms with E-state index < -0.39 is 23.5 Å². The van der Waals surface area contributed by atoms with Crippen LogP contribution in [0.15, 0.2) is 47.0 Å². The SMILES string of the molecule is CCOc1ccc(C2C(C(=O)c3cccs3)=C([O-])C(=O)N2CCC[NH+](CC)CC)cc1OC. The van der Waals surface area contributed by atoms with Gasteiger partial charge in [-0.3, -0.25) is 9.59 Å². The molecule has 0 spiro atoms. The lowest BCUT2D eigenvalue weighted by Gasteiger charge is -2.28. The first-order chi connectivity index (χ1) is 16.0. The van der Waals surface area contributed by atoms with Gasteiger partial charge >= 0.3 is 0 Å². The molecular weight excluding hydrogens is 440 g/mol. The fourth-order valence-corrected chi connectivity index (χ4v) is 4.90. The van der Waals surface area contributed by atoms with Gasteiger partial charge in [0, 0.05) is 18.5 Å². The molecule has 0 radical (unpaired) electrons. The molecule has 0 fully saturated rings. The fourth-order valence-electron chi connectivity index (χ4n) is 4.22.